The van der Waals surface area contributed by atoms with Crippen LogP contribution in [0.15, 0.2) is 36.9 Å². The standard InChI is InChI=1S/C14H16N2O2/c1-3-12(8-16-14(18)9-15-10-17)13-7-5-4-6-11(13)2/h3-7,10H,1-2,8-9H2,(H,15,17)(H,16,18)/b13-12+. The van der Waals surface area contributed by atoms with Crippen LogP contribution in [0.4, 0.5) is 0 Å². The summed E-state index contributed by atoms with van der Waals surface area (Å²) in [6.45, 7) is 7.99. The van der Waals surface area contributed by atoms with Crippen LogP contribution in [0, 0.1) is 0 Å². The minimum Gasteiger partial charge on any atom is -0.350 e. The first-order chi connectivity index (χ1) is 8.69. The molecule has 0 radical (unpaired) electrons. The number of rotatable bonds is 6. The predicted octanol–water partition coefficient (Wildman–Crippen LogP) is -0.704. The van der Waals surface area contributed by atoms with Gasteiger partial charge in [-0.1, -0.05) is 43.5 Å². The molecule has 2 N–H and O–H groups in total. The summed E-state index contributed by atoms with van der Waals surface area (Å²) in [6, 6.07) is 7.63. The van der Waals surface area contributed by atoms with E-state index in [-0.39, 0.29) is 12.5 Å². The van der Waals surface area contributed by atoms with Gasteiger partial charge in [0, 0.05) is 6.54 Å². The Kier molecular flexibility index (Phi) is 5.38. The number of benzene rings is 1. The molecule has 0 saturated heterocycles. The molecule has 94 valence electrons. The van der Waals surface area contributed by atoms with E-state index >= 15 is 0 Å². The van der Waals surface area contributed by atoms with Crippen molar-refractivity contribution in [2.75, 3.05) is 13.1 Å². The Morgan fingerprint density at radius 3 is 2.61 bits per heavy atom. The van der Waals surface area contributed by atoms with Gasteiger partial charge in [-0.05, 0) is 16.0 Å². The van der Waals surface area contributed by atoms with Crippen LogP contribution in [0.25, 0.3) is 12.2 Å². The van der Waals surface area contributed by atoms with Gasteiger partial charge in [0.05, 0.1) is 6.54 Å². The Labute approximate surface area is 106 Å². The minimum absolute atomic E-state index is 0.0278. The Bertz CT molecular complexity index is 549. The van der Waals surface area contributed by atoms with Gasteiger partial charge in [0.2, 0.25) is 12.3 Å². The van der Waals surface area contributed by atoms with Crippen molar-refractivity contribution in [1.82, 2.24) is 10.6 Å². The molecule has 0 fully saturated rings. The fourth-order valence-electron chi connectivity index (χ4n) is 1.50. The normalized spacial score (nSPS) is 11.3. The second-order valence-corrected chi connectivity index (χ2v) is 3.66. The summed E-state index contributed by atoms with van der Waals surface area (Å²) in [5.41, 5.74) is 0.889. The number of amides is 2. The van der Waals surface area contributed by atoms with E-state index in [9.17, 15) is 9.59 Å². The summed E-state index contributed by atoms with van der Waals surface area (Å²) < 4.78 is 0. The van der Waals surface area contributed by atoms with Crippen LogP contribution < -0.4 is 21.1 Å². The molecule has 0 unspecified atom stereocenters. The summed E-state index contributed by atoms with van der Waals surface area (Å²) in [5.74, 6) is -0.247. The lowest BCUT2D eigenvalue weighted by Gasteiger charge is -2.06. The molecule has 0 spiro atoms. The fraction of sp³-hybridized carbons (Fsp3) is 0.143. The summed E-state index contributed by atoms with van der Waals surface area (Å²) in [5, 5.41) is 6.84. The molecule has 1 aromatic carbocycles. The highest BCUT2D eigenvalue weighted by atomic mass is 16.2. The molecule has 0 heterocycles. The molecule has 18 heavy (non-hydrogen) atoms. The van der Waals surface area contributed by atoms with Gasteiger partial charge in [0.1, 0.15) is 0 Å². The Balaban J connectivity index is 2.81. The van der Waals surface area contributed by atoms with Crippen LogP contribution in [-0.4, -0.2) is 25.4 Å². The second-order valence-electron chi connectivity index (χ2n) is 3.66. The average Bonchev–Trinajstić information content (AvgIpc) is 2.39. The van der Waals surface area contributed by atoms with Gasteiger partial charge < -0.3 is 10.6 Å². The van der Waals surface area contributed by atoms with E-state index < -0.39 is 0 Å². The Hall–Kier alpha value is -2.36. The number of carbonyl (C=O) groups excluding carboxylic acids is 2. The highest BCUT2D eigenvalue weighted by Crippen LogP contribution is 1.90. The van der Waals surface area contributed by atoms with Crippen molar-refractivity contribution in [2.45, 2.75) is 0 Å². The maximum Gasteiger partial charge on any atom is 0.239 e. The molecule has 1 aromatic rings. The minimum atomic E-state index is -0.247. The molecular formula is C14H16N2O2. The molecule has 0 aliphatic rings. The lowest BCUT2D eigenvalue weighted by Crippen LogP contribution is -2.36. The maximum absolute atomic E-state index is 11.3. The fourth-order valence-corrected chi connectivity index (χ4v) is 1.50. The Morgan fingerprint density at radius 1 is 1.28 bits per heavy atom. The van der Waals surface area contributed by atoms with Crippen molar-refractivity contribution in [3.05, 3.63) is 47.4 Å². The van der Waals surface area contributed by atoms with Crippen LogP contribution in [0.1, 0.15) is 0 Å². The van der Waals surface area contributed by atoms with Crippen LogP contribution in [0.5, 0.6) is 0 Å². The first-order valence-electron chi connectivity index (χ1n) is 5.52. The topological polar surface area (TPSA) is 58.2 Å². The summed E-state index contributed by atoms with van der Waals surface area (Å²) in [6.07, 6.45) is 2.18. The third-order valence-corrected chi connectivity index (χ3v) is 2.43. The lowest BCUT2D eigenvalue weighted by atomic mass is 10.1. The maximum atomic E-state index is 11.3. The zero-order chi connectivity index (χ0) is 13.4. The molecule has 0 bridgehead atoms. The van der Waals surface area contributed by atoms with Gasteiger partial charge >= 0.3 is 0 Å². The molecule has 0 aromatic heterocycles. The van der Waals surface area contributed by atoms with Crippen LogP contribution >= 0.6 is 0 Å². The third-order valence-electron chi connectivity index (χ3n) is 2.43. The molecule has 0 saturated carbocycles. The SMILES string of the molecule is C=C/C(CNC(=O)CNC=O)=c1/ccccc1=C. The van der Waals surface area contributed by atoms with Gasteiger partial charge in [-0.15, -0.1) is 0 Å². The van der Waals surface area contributed by atoms with Crippen molar-refractivity contribution in [3.8, 4) is 0 Å². The van der Waals surface area contributed by atoms with E-state index in [0.29, 0.717) is 13.0 Å². The highest BCUT2D eigenvalue weighted by molar-refractivity contribution is 5.81. The molecule has 0 aliphatic carbocycles. The molecule has 0 atom stereocenters. The molecule has 4 heteroatoms. The molecule has 0 aliphatic heterocycles. The quantitative estimate of drug-likeness (QED) is 0.650. The van der Waals surface area contributed by atoms with Crippen molar-refractivity contribution in [2.24, 2.45) is 0 Å². The summed E-state index contributed by atoms with van der Waals surface area (Å²) in [4.78, 5) is 21.4. The van der Waals surface area contributed by atoms with Crippen molar-refractivity contribution in [1.29, 1.82) is 0 Å². The molecular weight excluding hydrogens is 228 g/mol. The van der Waals surface area contributed by atoms with Gasteiger partial charge in [0.25, 0.3) is 0 Å². The van der Waals surface area contributed by atoms with Crippen molar-refractivity contribution in [3.63, 3.8) is 0 Å². The number of carbonyl (C=O) groups is 2. The highest BCUT2D eigenvalue weighted by Gasteiger charge is 2.00. The van der Waals surface area contributed by atoms with Crippen LogP contribution in [0.2, 0.25) is 0 Å². The van der Waals surface area contributed by atoms with Gasteiger partial charge in [-0.2, -0.15) is 0 Å². The smallest absolute Gasteiger partial charge is 0.239 e. The van der Waals surface area contributed by atoms with Crippen LogP contribution in [-0.2, 0) is 9.59 Å². The van der Waals surface area contributed by atoms with Crippen LogP contribution in [0.3, 0.4) is 0 Å². The number of hydrogen-bond acceptors (Lipinski definition) is 2. The first-order valence-corrected chi connectivity index (χ1v) is 5.52. The van der Waals surface area contributed by atoms with E-state index in [1.165, 1.54) is 0 Å². The zero-order valence-electron chi connectivity index (χ0n) is 10.1. The second kappa shape index (κ2) is 7.06. The molecule has 1 rings (SSSR count). The van der Waals surface area contributed by atoms with E-state index in [0.717, 1.165) is 16.0 Å². The first kappa shape index (κ1) is 13.7. The van der Waals surface area contributed by atoms with Crippen molar-refractivity contribution >= 4 is 24.5 Å². The van der Waals surface area contributed by atoms with Gasteiger partial charge in [0.15, 0.2) is 0 Å². The number of hydrogen-bond donors (Lipinski definition) is 2. The Morgan fingerprint density at radius 2 is 2.00 bits per heavy atom. The molecule has 2 amide bonds. The average molecular weight is 244 g/mol. The van der Waals surface area contributed by atoms with Gasteiger partial charge in [-0.25, -0.2) is 0 Å². The lowest BCUT2D eigenvalue weighted by molar-refractivity contribution is -0.121. The predicted molar refractivity (Wildman–Crippen MR) is 71.9 cm³/mol. The van der Waals surface area contributed by atoms with E-state index in [2.05, 4.69) is 23.8 Å². The van der Waals surface area contributed by atoms with Gasteiger partial charge in [-0.3, -0.25) is 9.59 Å². The van der Waals surface area contributed by atoms with E-state index in [4.69, 9.17) is 0 Å². The monoisotopic (exact) mass is 244 g/mol. The van der Waals surface area contributed by atoms with E-state index in [1.807, 2.05) is 24.3 Å². The van der Waals surface area contributed by atoms with Crippen molar-refractivity contribution < 1.29 is 9.59 Å². The molecule has 4 nitrogen and oxygen atoms in total. The van der Waals surface area contributed by atoms with E-state index in [1.54, 1.807) is 6.08 Å². The number of nitrogens with one attached hydrogen (secondary N) is 2. The summed E-state index contributed by atoms with van der Waals surface area (Å²) in [7, 11) is 0. The largest absolute Gasteiger partial charge is 0.350 e. The zero-order valence-corrected chi connectivity index (χ0v) is 10.1. The third kappa shape index (κ3) is 3.90. The summed E-state index contributed by atoms with van der Waals surface area (Å²) >= 11 is 0.